The van der Waals surface area contributed by atoms with E-state index in [1.807, 2.05) is 13.8 Å². The maximum Gasteiger partial charge on any atom is 0.296 e. The number of benzene rings is 1. The van der Waals surface area contributed by atoms with E-state index in [4.69, 9.17) is 8.83 Å². The molecule has 0 spiro atoms. The molecule has 0 saturated carbocycles. The number of hydrogen-bond donors (Lipinski definition) is 1. The quantitative estimate of drug-likeness (QED) is 0.580. The Morgan fingerprint density at radius 1 is 1.29 bits per heavy atom. The molecule has 0 fully saturated rings. The van der Waals surface area contributed by atoms with E-state index < -0.39 is 4.92 Å². The van der Waals surface area contributed by atoms with Crippen LogP contribution in [0.2, 0.25) is 0 Å². The molecule has 3 aromatic rings. The van der Waals surface area contributed by atoms with Crippen molar-refractivity contribution < 1.29 is 13.8 Å². The molecule has 0 unspecified atom stereocenters. The molecular formula is C13H12N4O4. The normalized spacial score (nSPS) is 11.0. The minimum atomic E-state index is -0.473. The smallest absolute Gasteiger partial charge is 0.296 e. The predicted molar refractivity (Wildman–Crippen MR) is 74.0 cm³/mol. The topological polar surface area (TPSA) is 107 Å². The second-order valence-electron chi connectivity index (χ2n) is 4.53. The number of nitro benzene ring substituents is 1. The third kappa shape index (κ3) is 2.55. The summed E-state index contributed by atoms with van der Waals surface area (Å²) in [5.41, 5.74) is 1.70. The number of nitrogens with zero attached hydrogens (tertiary/aromatic N) is 3. The molecule has 0 aliphatic rings. The minimum absolute atomic E-state index is 0.0266. The Hall–Kier alpha value is -2.90. The van der Waals surface area contributed by atoms with Crippen LogP contribution in [0.15, 0.2) is 27.0 Å². The van der Waals surface area contributed by atoms with Crippen LogP contribution < -0.4 is 5.32 Å². The van der Waals surface area contributed by atoms with Gasteiger partial charge in [0.2, 0.25) is 5.89 Å². The Bertz CT molecular complexity index is 801. The van der Waals surface area contributed by atoms with Crippen LogP contribution in [0.25, 0.3) is 11.1 Å². The van der Waals surface area contributed by atoms with Crippen molar-refractivity contribution in [1.82, 2.24) is 9.97 Å². The second-order valence-corrected chi connectivity index (χ2v) is 4.53. The lowest BCUT2D eigenvalue weighted by molar-refractivity contribution is -0.384. The van der Waals surface area contributed by atoms with Crippen LogP contribution in [0.5, 0.6) is 0 Å². The molecule has 8 heteroatoms. The summed E-state index contributed by atoms with van der Waals surface area (Å²) in [5.74, 6) is 1.29. The molecule has 3 rings (SSSR count). The molecule has 2 heterocycles. The average Bonchev–Trinajstić information content (AvgIpc) is 2.99. The van der Waals surface area contributed by atoms with E-state index in [-0.39, 0.29) is 11.7 Å². The minimum Gasteiger partial charge on any atom is -0.444 e. The van der Waals surface area contributed by atoms with Gasteiger partial charge in [-0.15, -0.1) is 0 Å². The van der Waals surface area contributed by atoms with Crippen LogP contribution in [0.1, 0.15) is 17.3 Å². The van der Waals surface area contributed by atoms with E-state index in [1.54, 1.807) is 0 Å². The molecular weight excluding hydrogens is 276 g/mol. The summed E-state index contributed by atoms with van der Waals surface area (Å²) >= 11 is 0. The van der Waals surface area contributed by atoms with Gasteiger partial charge in [0.1, 0.15) is 11.3 Å². The van der Waals surface area contributed by atoms with E-state index in [9.17, 15) is 10.1 Å². The van der Waals surface area contributed by atoms with Crippen molar-refractivity contribution in [1.29, 1.82) is 0 Å². The maximum atomic E-state index is 10.7. The van der Waals surface area contributed by atoms with Crippen molar-refractivity contribution in [2.24, 2.45) is 0 Å². The van der Waals surface area contributed by atoms with Crippen molar-refractivity contribution in [2.75, 3.05) is 5.32 Å². The molecule has 0 saturated heterocycles. The molecule has 0 amide bonds. The van der Waals surface area contributed by atoms with Crippen molar-refractivity contribution >= 4 is 22.8 Å². The number of anilines is 1. The van der Waals surface area contributed by atoms with Gasteiger partial charge in [-0.05, 0) is 19.9 Å². The van der Waals surface area contributed by atoms with E-state index in [0.717, 1.165) is 11.5 Å². The summed E-state index contributed by atoms with van der Waals surface area (Å²) in [7, 11) is 0. The summed E-state index contributed by atoms with van der Waals surface area (Å²) in [5, 5.41) is 13.6. The van der Waals surface area contributed by atoms with Gasteiger partial charge in [0, 0.05) is 12.1 Å². The zero-order valence-corrected chi connectivity index (χ0v) is 11.4. The van der Waals surface area contributed by atoms with Crippen LogP contribution >= 0.6 is 0 Å². The van der Waals surface area contributed by atoms with Crippen LogP contribution in [-0.4, -0.2) is 14.9 Å². The Kier molecular flexibility index (Phi) is 3.05. The maximum absolute atomic E-state index is 10.7. The van der Waals surface area contributed by atoms with E-state index in [2.05, 4.69) is 15.3 Å². The summed E-state index contributed by atoms with van der Waals surface area (Å²) in [6, 6.07) is 4.52. The summed E-state index contributed by atoms with van der Waals surface area (Å²) in [4.78, 5) is 18.6. The highest BCUT2D eigenvalue weighted by Crippen LogP contribution is 2.23. The van der Waals surface area contributed by atoms with Gasteiger partial charge in [0.05, 0.1) is 17.2 Å². The first-order valence-electron chi connectivity index (χ1n) is 6.24. The van der Waals surface area contributed by atoms with Crippen molar-refractivity contribution in [3.8, 4) is 0 Å². The van der Waals surface area contributed by atoms with Crippen molar-refractivity contribution in [3.05, 3.63) is 45.7 Å². The van der Waals surface area contributed by atoms with E-state index >= 15 is 0 Å². The third-order valence-corrected chi connectivity index (χ3v) is 3.05. The summed E-state index contributed by atoms with van der Waals surface area (Å²) in [6.45, 7) is 4.02. The number of fused-ring (bicyclic) bond motifs is 1. The highest BCUT2D eigenvalue weighted by molar-refractivity contribution is 5.77. The van der Waals surface area contributed by atoms with Crippen LogP contribution in [-0.2, 0) is 6.54 Å². The standard InChI is InChI=1S/C13H12N4O4/c1-7-8(2)20-12(15-7)6-14-13-16-10-5-9(17(18)19)3-4-11(10)21-13/h3-5H,6H2,1-2H3,(H,14,16). The predicted octanol–water partition coefficient (Wildman–Crippen LogP) is 2.95. The molecule has 21 heavy (non-hydrogen) atoms. The zero-order valence-electron chi connectivity index (χ0n) is 11.4. The fourth-order valence-corrected chi connectivity index (χ4v) is 1.87. The van der Waals surface area contributed by atoms with Gasteiger partial charge in [0.15, 0.2) is 5.58 Å². The number of nitrogens with one attached hydrogen (secondary N) is 1. The van der Waals surface area contributed by atoms with Crippen LogP contribution in [0.4, 0.5) is 11.7 Å². The Balaban J connectivity index is 1.79. The van der Waals surface area contributed by atoms with Crippen LogP contribution in [0.3, 0.4) is 0 Å². The Morgan fingerprint density at radius 3 is 2.76 bits per heavy atom. The van der Waals surface area contributed by atoms with Gasteiger partial charge < -0.3 is 14.2 Å². The molecule has 8 nitrogen and oxygen atoms in total. The van der Waals surface area contributed by atoms with Crippen molar-refractivity contribution in [2.45, 2.75) is 20.4 Å². The average molecular weight is 288 g/mol. The largest absolute Gasteiger partial charge is 0.444 e. The number of nitro groups is 1. The highest BCUT2D eigenvalue weighted by atomic mass is 16.6. The van der Waals surface area contributed by atoms with Crippen molar-refractivity contribution in [3.63, 3.8) is 0 Å². The fraction of sp³-hybridized carbons (Fsp3) is 0.231. The molecule has 2 aromatic heterocycles. The fourth-order valence-electron chi connectivity index (χ4n) is 1.87. The van der Waals surface area contributed by atoms with Gasteiger partial charge in [-0.2, -0.15) is 4.98 Å². The summed E-state index contributed by atoms with van der Waals surface area (Å²) < 4.78 is 10.9. The Labute approximate surface area is 118 Å². The number of rotatable bonds is 4. The van der Waals surface area contributed by atoms with Gasteiger partial charge in [-0.25, -0.2) is 4.98 Å². The van der Waals surface area contributed by atoms with Gasteiger partial charge >= 0.3 is 0 Å². The SMILES string of the molecule is Cc1nc(CNc2nc3cc([N+](=O)[O-])ccc3o2)oc1C. The first-order valence-corrected chi connectivity index (χ1v) is 6.24. The first-order chi connectivity index (χ1) is 10.0. The molecule has 0 aliphatic heterocycles. The van der Waals surface area contributed by atoms with E-state index in [1.165, 1.54) is 18.2 Å². The lowest BCUT2D eigenvalue weighted by Crippen LogP contribution is -1.99. The molecule has 1 N–H and O–H groups in total. The third-order valence-electron chi connectivity index (χ3n) is 3.05. The molecule has 0 bridgehead atoms. The van der Waals surface area contributed by atoms with Gasteiger partial charge in [-0.1, -0.05) is 0 Å². The number of non-ortho nitro benzene ring substituents is 1. The number of aromatic nitrogens is 2. The molecule has 0 atom stereocenters. The Morgan fingerprint density at radius 2 is 2.10 bits per heavy atom. The first kappa shape index (κ1) is 13.1. The number of hydrogen-bond acceptors (Lipinski definition) is 7. The zero-order chi connectivity index (χ0) is 15.0. The molecule has 108 valence electrons. The van der Waals surface area contributed by atoms with E-state index in [0.29, 0.717) is 23.5 Å². The number of aryl methyl sites for hydroxylation is 2. The second kappa shape index (κ2) is 4.89. The molecule has 0 radical (unpaired) electrons. The molecule has 0 aliphatic carbocycles. The lowest BCUT2D eigenvalue weighted by Gasteiger charge is -1.95. The van der Waals surface area contributed by atoms with Crippen LogP contribution in [0, 0.1) is 24.0 Å². The monoisotopic (exact) mass is 288 g/mol. The van der Waals surface area contributed by atoms with Gasteiger partial charge in [0.25, 0.3) is 11.7 Å². The molecule has 1 aromatic carbocycles. The number of oxazole rings is 2. The van der Waals surface area contributed by atoms with Gasteiger partial charge in [-0.3, -0.25) is 10.1 Å². The lowest BCUT2D eigenvalue weighted by atomic mass is 10.3. The highest BCUT2D eigenvalue weighted by Gasteiger charge is 2.12. The summed E-state index contributed by atoms with van der Waals surface area (Å²) in [6.07, 6.45) is 0.